The maximum absolute atomic E-state index is 11.5. The molecule has 0 saturated heterocycles. The number of methoxy groups -OCH3 is 1. The number of nitrogens with zero attached hydrogens (tertiary/aromatic N) is 1. The first kappa shape index (κ1) is 13.3. The molecular formula is C14H17N3O2. The molecule has 0 fully saturated rings. The molecule has 3 N–H and O–H groups in total. The molecule has 0 aliphatic rings. The molecule has 0 bridgehead atoms. The highest BCUT2D eigenvalue weighted by atomic mass is 16.5. The Morgan fingerprint density at radius 3 is 2.63 bits per heavy atom. The van der Waals surface area contributed by atoms with E-state index < -0.39 is 0 Å². The number of benzene rings is 1. The van der Waals surface area contributed by atoms with Gasteiger partial charge in [-0.1, -0.05) is 12.1 Å². The van der Waals surface area contributed by atoms with Crippen molar-refractivity contribution < 1.29 is 4.74 Å². The van der Waals surface area contributed by atoms with Crippen LogP contribution < -0.4 is 16.0 Å². The van der Waals surface area contributed by atoms with Crippen LogP contribution >= 0.6 is 0 Å². The van der Waals surface area contributed by atoms with Crippen molar-refractivity contribution in [3.63, 3.8) is 0 Å². The van der Waals surface area contributed by atoms with Gasteiger partial charge in [0.25, 0.3) is 5.56 Å². The van der Waals surface area contributed by atoms with Gasteiger partial charge >= 0.3 is 0 Å². The van der Waals surface area contributed by atoms with Crippen molar-refractivity contribution in [2.45, 2.75) is 19.4 Å². The number of hydrogen-bond donors (Lipinski definition) is 2. The number of nitrogens with one attached hydrogen (secondary N) is 1. The third kappa shape index (κ3) is 3.42. The Bertz CT molecular complexity index is 603. The first-order valence-electron chi connectivity index (χ1n) is 6.07. The lowest BCUT2D eigenvalue weighted by Crippen LogP contribution is -2.18. The van der Waals surface area contributed by atoms with Crippen molar-refractivity contribution in [3.05, 3.63) is 57.8 Å². The van der Waals surface area contributed by atoms with Crippen molar-refractivity contribution in [1.29, 1.82) is 0 Å². The summed E-state index contributed by atoms with van der Waals surface area (Å²) in [5.74, 6) is 1.31. The number of H-pyrrole nitrogens is 1. The SMILES string of the molecule is COc1ccc(Cc2cc(=O)[nH]c(C(C)N)n2)cc1. The summed E-state index contributed by atoms with van der Waals surface area (Å²) in [5.41, 5.74) is 7.33. The van der Waals surface area contributed by atoms with E-state index in [9.17, 15) is 4.79 Å². The van der Waals surface area contributed by atoms with E-state index in [1.165, 1.54) is 6.07 Å². The van der Waals surface area contributed by atoms with Gasteiger partial charge in [0.1, 0.15) is 11.6 Å². The lowest BCUT2D eigenvalue weighted by molar-refractivity contribution is 0.414. The topological polar surface area (TPSA) is 81.0 Å². The van der Waals surface area contributed by atoms with Crippen molar-refractivity contribution in [3.8, 4) is 5.75 Å². The zero-order valence-electron chi connectivity index (χ0n) is 11.0. The molecule has 5 nitrogen and oxygen atoms in total. The second-order valence-electron chi connectivity index (χ2n) is 4.44. The summed E-state index contributed by atoms with van der Waals surface area (Å²) in [5, 5.41) is 0. The molecule has 0 aliphatic carbocycles. The van der Waals surface area contributed by atoms with Crippen LogP contribution in [0.2, 0.25) is 0 Å². The lowest BCUT2D eigenvalue weighted by Gasteiger charge is -2.07. The molecule has 1 heterocycles. The number of aromatic nitrogens is 2. The minimum atomic E-state index is -0.288. The van der Waals surface area contributed by atoms with Gasteiger partial charge in [-0.15, -0.1) is 0 Å². The van der Waals surface area contributed by atoms with E-state index in [0.717, 1.165) is 11.3 Å². The standard InChI is InChI=1S/C14H17N3O2/c1-9(15)14-16-11(8-13(18)17-14)7-10-3-5-12(19-2)6-4-10/h3-6,8-9H,7,15H2,1-2H3,(H,16,17,18). The van der Waals surface area contributed by atoms with E-state index in [1.54, 1.807) is 14.0 Å². The summed E-state index contributed by atoms with van der Waals surface area (Å²) in [4.78, 5) is 18.5. The van der Waals surface area contributed by atoms with Crippen molar-refractivity contribution >= 4 is 0 Å². The van der Waals surface area contributed by atoms with E-state index in [-0.39, 0.29) is 11.6 Å². The van der Waals surface area contributed by atoms with Gasteiger partial charge < -0.3 is 15.5 Å². The fraction of sp³-hybridized carbons (Fsp3) is 0.286. The average molecular weight is 259 g/mol. The summed E-state index contributed by atoms with van der Waals surface area (Å²) >= 11 is 0. The van der Waals surface area contributed by atoms with E-state index in [4.69, 9.17) is 10.5 Å². The predicted octanol–water partition coefficient (Wildman–Crippen LogP) is 1.39. The Hall–Kier alpha value is -2.14. The normalized spacial score (nSPS) is 12.2. The summed E-state index contributed by atoms with van der Waals surface area (Å²) in [6.45, 7) is 1.79. The van der Waals surface area contributed by atoms with E-state index in [1.807, 2.05) is 24.3 Å². The number of nitrogens with two attached hydrogens (primary N) is 1. The first-order chi connectivity index (χ1) is 9.08. The molecule has 0 saturated carbocycles. The zero-order valence-corrected chi connectivity index (χ0v) is 11.0. The monoisotopic (exact) mass is 259 g/mol. The molecule has 0 aliphatic heterocycles. The van der Waals surface area contributed by atoms with Crippen LogP contribution in [0.5, 0.6) is 5.75 Å². The first-order valence-corrected chi connectivity index (χ1v) is 6.07. The van der Waals surface area contributed by atoms with Crippen molar-refractivity contribution in [2.24, 2.45) is 5.73 Å². The van der Waals surface area contributed by atoms with Gasteiger partial charge in [-0.2, -0.15) is 0 Å². The molecule has 2 aromatic rings. The second kappa shape index (κ2) is 5.67. The summed E-state index contributed by atoms with van der Waals surface area (Å²) < 4.78 is 5.10. The highest BCUT2D eigenvalue weighted by Gasteiger charge is 2.06. The molecular weight excluding hydrogens is 242 g/mol. The summed E-state index contributed by atoms with van der Waals surface area (Å²) in [6.07, 6.45) is 0.591. The molecule has 1 unspecified atom stereocenters. The Labute approximate surface area is 111 Å². The Kier molecular flexibility index (Phi) is 3.97. The largest absolute Gasteiger partial charge is 0.497 e. The zero-order chi connectivity index (χ0) is 13.8. The van der Waals surface area contributed by atoms with Crippen molar-refractivity contribution in [2.75, 3.05) is 7.11 Å². The summed E-state index contributed by atoms with van der Waals surface area (Å²) in [6, 6.07) is 8.88. The van der Waals surface area contributed by atoms with E-state index in [0.29, 0.717) is 17.9 Å². The lowest BCUT2D eigenvalue weighted by atomic mass is 10.1. The molecule has 1 atom stereocenters. The molecule has 0 spiro atoms. The maximum Gasteiger partial charge on any atom is 0.251 e. The van der Waals surface area contributed by atoms with Gasteiger partial charge in [-0.25, -0.2) is 4.98 Å². The smallest absolute Gasteiger partial charge is 0.251 e. The van der Waals surface area contributed by atoms with Gasteiger partial charge in [0.2, 0.25) is 0 Å². The highest BCUT2D eigenvalue weighted by Crippen LogP contribution is 2.14. The number of hydrogen-bond acceptors (Lipinski definition) is 4. The van der Waals surface area contributed by atoms with Crippen LogP contribution in [0.1, 0.15) is 30.0 Å². The van der Waals surface area contributed by atoms with E-state index in [2.05, 4.69) is 9.97 Å². The second-order valence-corrected chi connectivity index (χ2v) is 4.44. The number of ether oxygens (including phenoxy) is 1. The van der Waals surface area contributed by atoms with Crippen LogP contribution in [0.25, 0.3) is 0 Å². The third-order valence-corrected chi connectivity index (χ3v) is 2.79. The Balaban J connectivity index is 2.24. The van der Waals surface area contributed by atoms with Gasteiger partial charge in [-0.3, -0.25) is 4.79 Å². The number of aromatic amines is 1. The predicted molar refractivity (Wildman–Crippen MR) is 73.3 cm³/mol. The van der Waals surface area contributed by atoms with Crippen molar-refractivity contribution in [1.82, 2.24) is 9.97 Å². The van der Waals surface area contributed by atoms with Crippen LogP contribution in [0, 0.1) is 0 Å². The highest BCUT2D eigenvalue weighted by molar-refractivity contribution is 5.29. The number of rotatable bonds is 4. The van der Waals surface area contributed by atoms with Gasteiger partial charge in [-0.05, 0) is 24.6 Å². The fourth-order valence-electron chi connectivity index (χ4n) is 1.79. The van der Waals surface area contributed by atoms with E-state index >= 15 is 0 Å². The van der Waals surface area contributed by atoms with Gasteiger partial charge in [0.05, 0.1) is 18.8 Å². The third-order valence-electron chi connectivity index (χ3n) is 2.79. The molecule has 0 amide bonds. The summed E-state index contributed by atoms with van der Waals surface area (Å²) in [7, 11) is 1.63. The van der Waals surface area contributed by atoms with Crippen LogP contribution in [0.4, 0.5) is 0 Å². The molecule has 1 aromatic carbocycles. The van der Waals surface area contributed by atoms with Crippen LogP contribution in [0.15, 0.2) is 35.1 Å². The van der Waals surface area contributed by atoms with Crippen LogP contribution in [-0.2, 0) is 6.42 Å². The fourth-order valence-corrected chi connectivity index (χ4v) is 1.79. The average Bonchev–Trinajstić information content (AvgIpc) is 2.39. The Morgan fingerprint density at radius 2 is 2.05 bits per heavy atom. The minimum absolute atomic E-state index is 0.175. The molecule has 19 heavy (non-hydrogen) atoms. The quantitative estimate of drug-likeness (QED) is 0.869. The van der Waals surface area contributed by atoms with Gasteiger partial charge in [0.15, 0.2) is 0 Å². The molecule has 1 aromatic heterocycles. The van der Waals surface area contributed by atoms with Crippen LogP contribution in [0.3, 0.4) is 0 Å². The maximum atomic E-state index is 11.5. The van der Waals surface area contributed by atoms with Crippen LogP contribution in [-0.4, -0.2) is 17.1 Å². The molecule has 100 valence electrons. The molecule has 0 radical (unpaired) electrons. The molecule has 2 rings (SSSR count). The Morgan fingerprint density at radius 1 is 1.37 bits per heavy atom. The minimum Gasteiger partial charge on any atom is -0.497 e. The van der Waals surface area contributed by atoms with Gasteiger partial charge in [0, 0.05) is 12.5 Å². The molecule has 5 heteroatoms.